The van der Waals surface area contributed by atoms with Crippen LogP contribution in [0.15, 0.2) is 47.5 Å². The van der Waals surface area contributed by atoms with Crippen molar-refractivity contribution >= 4 is 5.96 Å². The molecule has 0 spiro atoms. The standard InChI is InChI=1S/C20H23F2N3O/c1-23-20(25(2)12-13-7-4-5-10-18(13)26-3)24-17-11-14(17)19-15(21)8-6-9-16(19)22/h4-10,14,17H,11-12H2,1-3H3,(H,23,24). The normalized spacial score (nSPS) is 19.2. The van der Waals surface area contributed by atoms with Gasteiger partial charge in [0.25, 0.3) is 0 Å². The van der Waals surface area contributed by atoms with E-state index in [9.17, 15) is 8.78 Å². The number of hydrogen-bond donors (Lipinski definition) is 1. The lowest BCUT2D eigenvalue weighted by Crippen LogP contribution is -2.40. The average molecular weight is 359 g/mol. The van der Waals surface area contributed by atoms with E-state index in [2.05, 4.69) is 10.3 Å². The molecule has 2 aromatic rings. The molecule has 0 saturated heterocycles. The van der Waals surface area contributed by atoms with Crippen molar-refractivity contribution in [2.75, 3.05) is 21.2 Å². The molecule has 138 valence electrons. The molecule has 1 saturated carbocycles. The van der Waals surface area contributed by atoms with Gasteiger partial charge in [0.2, 0.25) is 0 Å². The summed E-state index contributed by atoms with van der Waals surface area (Å²) in [5, 5.41) is 3.30. The number of rotatable bonds is 5. The van der Waals surface area contributed by atoms with E-state index in [0.29, 0.717) is 18.9 Å². The molecule has 0 heterocycles. The van der Waals surface area contributed by atoms with Crippen molar-refractivity contribution < 1.29 is 13.5 Å². The number of methoxy groups -OCH3 is 1. The molecule has 0 aromatic heterocycles. The Balaban J connectivity index is 1.66. The molecule has 0 radical (unpaired) electrons. The first kappa shape index (κ1) is 18.2. The molecule has 1 aliphatic rings. The summed E-state index contributed by atoms with van der Waals surface area (Å²) in [6.07, 6.45) is 0.680. The molecule has 26 heavy (non-hydrogen) atoms. The number of hydrogen-bond acceptors (Lipinski definition) is 2. The highest BCUT2D eigenvalue weighted by Crippen LogP contribution is 2.43. The van der Waals surface area contributed by atoms with Gasteiger partial charge in [-0.3, -0.25) is 4.99 Å². The maximum absolute atomic E-state index is 13.9. The largest absolute Gasteiger partial charge is 0.496 e. The van der Waals surface area contributed by atoms with Gasteiger partial charge in [0.05, 0.1) is 7.11 Å². The topological polar surface area (TPSA) is 36.9 Å². The van der Waals surface area contributed by atoms with Crippen LogP contribution in [-0.2, 0) is 6.54 Å². The Kier molecular flexibility index (Phi) is 5.40. The number of benzene rings is 2. The molecule has 1 N–H and O–H groups in total. The first-order valence-electron chi connectivity index (χ1n) is 8.55. The quantitative estimate of drug-likeness (QED) is 0.655. The number of halogens is 2. The molecule has 1 aliphatic carbocycles. The molecule has 2 atom stereocenters. The Morgan fingerprint density at radius 3 is 2.54 bits per heavy atom. The fourth-order valence-electron chi connectivity index (χ4n) is 3.21. The molecule has 4 nitrogen and oxygen atoms in total. The Morgan fingerprint density at radius 2 is 1.88 bits per heavy atom. The van der Waals surface area contributed by atoms with Gasteiger partial charge in [0, 0.05) is 43.7 Å². The smallest absolute Gasteiger partial charge is 0.193 e. The first-order chi connectivity index (χ1) is 12.5. The molecule has 1 fully saturated rings. The predicted molar refractivity (Wildman–Crippen MR) is 98.5 cm³/mol. The zero-order valence-electron chi connectivity index (χ0n) is 15.2. The van der Waals surface area contributed by atoms with Crippen molar-refractivity contribution in [1.29, 1.82) is 0 Å². The van der Waals surface area contributed by atoms with Crippen molar-refractivity contribution in [2.24, 2.45) is 4.99 Å². The number of aliphatic imine (C=N–C) groups is 1. The molecule has 3 rings (SSSR count). The molecule has 0 amide bonds. The van der Waals surface area contributed by atoms with Crippen LogP contribution < -0.4 is 10.1 Å². The number of nitrogens with zero attached hydrogens (tertiary/aromatic N) is 2. The summed E-state index contributed by atoms with van der Waals surface area (Å²) < 4.78 is 33.3. The zero-order valence-corrected chi connectivity index (χ0v) is 15.2. The molecule has 2 unspecified atom stereocenters. The summed E-state index contributed by atoms with van der Waals surface area (Å²) in [4.78, 5) is 6.26. The van der Waals surface area contributed by atoms with Gasteiger partial charge >= 0.3 is 0 Å². The number of nitrogens with one attached hydrogen (secondary N) is 1. The van der Waals surface area contributed by atoms with E-state index in [-0.39, 0.29) is 17.5 Å². The van der Waals surface area contributed by atoms with E-state index in [1.54, 1.807) is 14.2 Å². The number of guanidine groups is 1. The van der Waals surface area contributed by atoms with Crippen molar-refractivity contribution in [1.82, 2.24) is 10.2 Å². The van der Waals surface area contributed by atoms with Gasteiger partial charge in [-0.1, -0.05) is 24.3 Å². The average Bonchev–Trinajstić information content (AvgIpc) is 3.38. The van der Waals surface area contributed by atoms with Gasteiger partial charge in [-0.2, -0.15) is 0 Å². The van der Waals surface area contributed by atoms with Crippen LogP contribution in [0.1, 0.15) is 23.5 Å². The Bertz CT molecular complexity index is 789. The van der Waals surface area contributed by atoms with Crippen LogP contribution in [0.2, 0.25) is 0 Å². The van der Waals surface area contributed by atoms with Crippen molar-refractivity contribution in [3.05, 3.63) is 65.2 Å². The minimum Gasteiger partial charge on any atom is -0.496 e. The maximum Gasteiger partial charge on any atom is 0.193 e. The Morgan fingerprint density at radius 1 is 1.19 bits per heavy atom. The van der Waals surface area contributed by atoms with E-state index in [1.807, 2.05) is 36.2 Å². The van der Waals surface area contributed by atoms with Gasteiger partial charge in [-0.25, -0.2) is 8.78 Å². The maximum atomic E-state index is 13.9. The van der Waals surface area contributed by atoms with Gasteiger partial charge < -0.3 is 15.0 Å². The fraction of sp³-hybridized carbons (Fsp3) is 0.350. The minimum atomic E-state index is -0.489. The van der Waals surface area contributed by atoms with Crippen molar-refractivity contribution in [3.8, 4) is 5.75 Å². The van der Waals surface area contributed by atoms with E-state index in [4.69, 9.17) is 4.74 Å². The summed E-state index contributed by atoms with van der Waals surface area (Å²) >= 11 is 0. The highest BCUT2D eigenvalue weighted by molar-refractivity contribution is 5.80. The van der Waals surface area contributed by atoms with Crippen LogP contribution in [0, 0.1) is 11.6 Å². The third-order valence-electron chi connectivity index (χ3n) is 4.65. The lowest BCUT2D eigenvalue weighted by molar-refractivity contribution is 0.396. The van der Waals surface area contributed by atoms with Gasteiger partial charge in [0.1, 0.15) is 17.4 Å². The summed E-state index contributed by atoms with van der Waals surface area (Å²) in [6, 6.07) is 11.8. The van der Waals surface area contributed by atoms with E-state index in [1.165, 1.54) is 18.2 Å². The zero-order chi connectivity index (χ0) is 18.7. The lowest BCUT2D eigenvalue weighted by Gasteiger charge is -2.23. The lowest BCUT2D eigenvalue weighted by atomic mass is 10.1. The van der Waals surface area contributed by atoms with Crippen LogP contribution in [-0.4, -0.2) is 38.1 Å². The van der Waals surface area contributed by atoms with Gasteiger partial charge in [0.15, 0.2) is 5.96 Å². The Hall–Kier alpha value is -2.63. The molecular formula is C20H23F2N3O. The minimum absolute atomic E-state index is 0.0276. The van der Waals surface area contributed by atoms with Gasteiger partial charge in [-0.15, -0.1) is 0 Å². The second-order valence-electron chi connectivity index (χ2n) is 6.44. The molecule has 6 heteroatoms. The van der Waals surface area contributed by atoms with Crippen molar-refractivity contribution in [2.45, 2.75) is 24.9 Å². The highest BCUT2D eigenvalue weighted by atomic mass is 19.1. The third-order valence-corrected chi connectivity index (χ3v) is 4.65. The van der Waals surface area contributed by atoms with E-state index in [0.717, 1.165) is 11.3 Å². The van der Waals surface area contributed by atoms with Crippen LogP contribution in [0.4, 0.5) is 8.78 Å². The van der Waals surface area contributed by atoms with Gasteiger partial charge in [-0.05, 0) is 24.6 Å². The van der Waals surface area contributed by atoms with Crippen molar-refractivity contribution in [3.63, 3.8) is 0 Å². The summed E-state index contributed by atoms with van der Waals surface area (Å²) in [7, 11) is 5.26. The van der Waals surface area contributed by atoms with E-state index >= 15 is 0 Å². The molecule has 0 aliphatic heterocycles. The van der Waals surface area contributed by atoms with Crippen LogP contribution >= 0.6 is 0 Å². The monoisotopic (exact) mass is 359 g/mol. The summed E-state index contributed by atoms with van der Waals surface area (Å²) in [6.45, 7) is 0.606. The Labute approximate surface area is 152 Å². The summed E-state index contributed by atoms with van der Waals surface area (Å²) in [5.74, 6) is 0.341. The van der Waals surface area contributed by atoms with Crippen LogP contribution in [0.25, 0.3) is 0 Å². The third kappa shape index (κ3) is 3.79. The second kappa shape index (κ2) is 7.72. The molecule has 0 bridgehead atoms. The highest BCUT2D eigenvalue weighted by Gasteiger charge is 2.42. The number of ether oxygens (including phenoxy) is 1. The van der Waals surface area contributed by atoms with Crippen LogP contribution in [0.5, 0.6) is 5.75 Å². The first-order valence-corrected chi connectivity index (χ1v) is 8.55. The molecular weight excluding hydrogens is 336 g/mol. The SMILES string of the molecule is CN=C(NC1CC1c1c(F)cccc1F)N(C)Cc1ccccc1OC. The number of para-hydroxylation sites is 1. The summed E-state index contributed by atoms with van der Waals surface area (Å²) in [5.41, 5.74) is 1.20. The predicted octanol–water partition coefficient (Wildman–Crippen LogP) is 3.54. The van der Waals surface area contributed by atoms with E-state index < -0.39 is 11.6 Å². The fourth-order valence-corrected chi connectivity index (χ4v) is 3.21. The molecule has 2 aromatic carbocycles. The van der Waals surface area contributed by atoms with Crippen LogP contribution in [0.3, 0.4) is 0 Å². The second-order valence-corrected chi connectivity index (χ2v) is 6.44.